The molecule has 1 aromatic heterocycles. The van der Waals surface area contributed by atoms with Crippen LogP contribution in [-0.4, -0.2) is 39.2 Å². The summed E-state index contributed by atoms with van der Waals surface area (Å²) in [6.07, 6.45) is -2.91. The van der Waals surface area contributed by atoms with Crippen molar-refractivity contribution in [3.8, 4) is 11.4 Å². The Morgan fingerprint density at radius 2 is 1.93 bits per heavy atom. The highest BCUT2D eigenvalue weighted by atomic mass is 32.2. The zero-order chi connectivity index (χ0) is 21.7. The van der Waals surface area contributed by atoms with E-state index in [1.54, 1.807) is 17.0 Å². The van der Waals surface area contributed by atoms with Gasteiger partial charge in [-0.15, -0.1) is 10.2 Å². The lowest BCUT2D eigenvalue weighted by Crippen LogP contribution is -2.20. The van der Waals surface area contributed by atoms with Crippen molar-refractivity contribution in [3.63, 3.8) is 0 Å². The van der Waals surface area contributed by atoms with Crippen LogP contribution in [0.15, 0.2) is 53.9 Å². The Labute approximate surface area is 175 Å². The molecule has 158 valence electrons. The van der Waals surface area contributed by atoms with Crippen LogP contribution in [-0.2, 0) is 4.79 Å². The number of aromatic nitrogens is 3. The summed E-state index contributed by atoms with van der Waals surface area (Å²) < 4.78 is 43.8. The van der Waals surface area contributed by atoms with E-state index in [4.69, 9.17) is 4.74 Å². The lowest BCUT2D eigenvalue weighted by atomic mass is 10.1. The van der Waals surface area contributed by atoms with Gasteiger partial charge in [0.15, 0.2) is 11.8 Å². The standard InChI is InChI=1S/C20H19F3N4O2S/c1-13-7-8-15(9-14(13)2)27-12-24-26-19(27)30-10-18(28)25-16-5-3-4-6-17(16)29-11-20(21,22)23/h3-9,12H,10-11H2,1-2H3,(H,25,28). The molecule has 0 radical (unpaired) electrons. The second kappa shape index (κ2) is 9.21. The van der Waals surface area contributed by atoms with Gasteiger partial charge in [-0.1, -0.05) is 30.0 Å². The minimum Gasteiger partial charge on any atom is -0.482 e. The number of anilines is 1. The predicted octanol–water partition coefficient (Wildman–Crippen LogP) is 4.56. The highest BCUT2D eigenvalue weighted by Crippen LogP contribution is 2.27. The van der Waals surface area contributed by atoms with Gasteiger partial charge in [0, 0.05) is 5.69 Å². The van der Waals surface area contributed by atoms with Crippen molar-refractivity contribution in [3.05, 3.63) is 59.9 Å². The van der Waals surface area contributed by atoms with Crippen LogP contribution in [0.5, 0.6) is 5.75 Å². The molecule has 0 bridgehead atoms. The van der Waals surface area contributed by atoms with Crippen molar-refractivity contribution in [1.29, 1.82) is 0 Å². The van der Waals surface area contributed by atoms with Gasteiger partial charge in [0.25, 0.3) is 0 Å². The Kier molecular flexibility index (Phi) is 6.66. The molecule has 2 aromatic carbocycles. The molecule has 3 rings (SSSR count). The molecule has 1 heterocycles. The predicted molar refractivity (Wildman–Crippen MR) is 108 cm³/mol. The monoisotopic (exact) mass is 436 g/mol. The number of ether oxygens (including phenoxy) is 1. The smallest absolute Gasteiger partial charge is 0.422 e. The number of amides is 1. The van der Waals surface area contributed by atoms with E-state index in [2.05, 4.69) is 15.5 Å². The fourth-order valence-electron chi connectivity index (χ4n) is 2.55. The number of rotatable bonds is 7. The Balaban J connectivity index is 1.64. The van der Waals surface area contributed by atoms with Crippen LogP contribution in [0.4, 0.5) is 18.9 Å². The first-order chi connectivity index (χ1) is 14.2. The maximum atomic E-state index is 12.4. The van der Waals surface area contributed by atoms with E-state index in [0.29, 0.717) is 5.16 Å². The molecule has 0 spiro atoms. The van der Waals surface area contributed by atoms with Crippen LogP contribution >= 0.6 is 11.8 Å². The molecule has 1 amide bonds. The highest BCUT2D eigenvalue weighted by molar-refractivity contribution is 7.99. The average Bonchev–Trinajstić information content (AvgIpc) is 3.16. The van der Waals surface area contributed by atoms with E-state index >= 15 is 0 Å². The molecule has 0 aliphatic rings. The number of carbonyl (C=O) groups excluding carboxylic acids is 1. The largest absolute Gasteiger partial charge is 0.482 e. The fraction of sp³-hybridized carbons (Fsp3) is 0.250. The first-order valence-corrected chi connectivity index (χ1v) is 9.90. The fourth-order valence-corrected chi connectivity index (χ4v) is 3.28. The molecule has 0 aliphatic carbocycles. The third-order valence-electron chi connectivity index (χ3n) is 4.17. The number of alkyl halides is 3. The summed E-state index contributed by atoms with van der Waals surface area (Å²) in [6.45, 7) is 2.58. The number of thioether (sulfide) groups is 1. The summed E-state index contributed by atoms with van der Waals surface area (Å²) in [5, 5.41) is 11.1. The number of benzene rings is 2. The van der Waals surface area contributed by atoms with Crippen molar-refractivity contribution in [2.45, 2.75) is 25.2 Å². The Hall–Kier alpha value is -3.01. The van der Waals surface area contributed by atoms with Crippen molar-refractivity contribution >= 4 is 23.4 Å². The van der Waals surface area contributed by atoms with Gasteiger partial charge in [0.05, 0.1) is 11.4 Å². The summed E-state index contributed by atoms with van der Waals surface area (Å²) in [7, 11) is 0. The lowest BCUT2D eigenvalue weighted by Gasteiger charge is -2.13. The molecule has 6 nitrogen and oxygen atoms in total. The molecule has 0 unspecified atom stereocenters. The van der Waals surface area contributed by atoms with Gasteiger partial charge < -0.3 is 10.1 Å². The first kappa shape index (κ1) is 21.7. The zero-order valence-corrected chi connectivity index (χ0v) is 17.0. The Bertz CT molecular complexity index is 1040. The number of aryl methyl sites for hydroxylation is 2. The number of hydrogen-bond acceptors (Lipinski definition) is 5. The molecular weight excluding hydrogens is 417 g/mol. The number of hydrogen-bond donors (Lipinski definition) is 1. The zero-order valence-electron chi connectivity index (χ0n) is 16.2. The quantitative estimate of drug-likeness (QED) is 0.550. The van der Waals surface area contributed by atoms with E-state index in [1.807, 2.05) is 32.0 Å². The molecule has 10 heteroatoms. The summed E-state index contributed by atoms with van der Waals surface area (Å²) in [4.78, 5) is 12.3. The normalized spacial score (nSPS) is 11.4. The maximum Gasteiger partial charge on any atom is 0.422 e. The molecule has 0 aliphatic heterocycles. The van der Waals surface area contributed by atoms with E-state index in [0.717, 1.165) is 16.8 Å². The second-order valence-electron chi connectivity index (χ2n) is 6.49. The average molecular weight is 436 g/mol. The van der Waals surface area contributed by atoms with Gasteiger partial charge in [0.1, 0.15) is 12.1 Å². The van der Waals surface area contributed by atoms with E-state index in [1.165, 1.54) is 30.0 Å². The van der Waals surface area contributed by atoms with E-state index < -0.39 is 18.7 Å². The summed E-state index contributed by atoms with van der Waals surface area (Å²) in [5.41, 5.74) is 3.32. The van der Waals surface area contributed by atoms with Gasteiger partial charge in [0.2, 0.25) is 5.91 Å². The van der Waals surface area contributed by atoms with E-state index in [9.17, 15) is 18.0 Å². The van der Waals surface area contributed by atoms with Crippen LogP contribution in [0.3, 0.4) is 0 Å². The van der Waals surface area contributed by atoms with Gasteiger partial charge >= 0.3 is 6.18 Å². The van der Waals surface area contributed by atoms with Crippen molar-refractivity contribution < 1.29 is 22.7 Å². The van der Waals surface area contributed by atoms with Crippen LogP contribution in [0.1, 0.15) is 11.1 Å². The third kappa shape index (κ3) is 5.76. The summed E-state index contributed by atoms with van der Waals surface area (Å²) >= 11 is 1.17. The van der Waals surface area contributed by atoms with Crippen molar-refractivity contribution in [2.24, 2.45) is 0 Å². The van der Waals surface area contributed by atoms with Crippen molar-refractivity contribution in [1.82, 2.24) is 14.8 Å². The van der Waals surface area contributed by atoms with Crippen LogP contribution in [0, 0.1) is 13.8 Å². The third-order valence-corrected chi connectivity index (χ3v) is 5.11. The minimum atomic E-state index is -4.47. The topological polar surface area (TPSA) is 69.0 Å². The Morgan fingerprint density at radius 3 is 2.67 bits per heavy atom. The van der Waals surface area contributed by atoms with E-state index in [-0.39, 0.29) is 17.2 Å². The molecule has 30 heavy (non-hydrogen) atoms. The van der Waals surface area contributed by atoms with Crippen molar-refractivity contribution in [2.75, 3.05) is 17.7 Å². The molecule has 3 aromatic rings. The molecule has 0 atom stereocenters. The number of nitrogens with one attached hydrogen (secondary N) is 1. The number of carbonyl (C=O) groups is 1. The number of halogens is 3. The molecule has 0 saturated heterocycles. The lowest BCUT2D eigenvalue weighted by molar-refractivity contribution is -0.153. The van der Waals surface area contributed by atoms with Crippen LogP contribution < -0.4 is 10.1 Å². The molecule has 0 saturated carbocycles. The molecular formula is C20H19F3N4O2S. The van der Waals surface area contributed by atoms with Gasteiger partial charge in [-0.05, 0) is 49.2 Å². The molecule has 1 N–H and O–H groups in total. The molecule has 0 fully saturated rings. The maximum absolute atomic E-state index is 12.4. The van der Waals surface area contributed by atoms with Crippen LogP contribution in [0.2, 0.25) is 0 Å². The second-order valence-corrected chi connectivity index (χ2v) is 7.43. The minimum absolute atomic E-state index is 0.00284. The number of nitrogens with zero attached hydrogens (tertiary/aromatic N) is 3. The van der Waals surface area contributed by atoms with Gasteiger partial charge in [-0.25, -0.2) is 0 Å². The first-order valence-electron chi connectivity index (χ1n) is 8.92. The van der Waals surface area contributed by atoms with Gasteiger partial charge in [-0.2, -0.15) is 13.2 Å². The van der Waals surface area contributed by atoms with Gasteiger partial charge in [-0.3, -0.25) is 9.36 Å². The summed E-state index contributed by atoms with van der Waals surface area (Å²) in [6, 6.07) is 11.9. The summed E-state index contributed by atoms with van der Waals surface area (Å²) in [5.74, 6) is -0.457. The Morgan fingerprint density at radius 1 is 1.17 bits per heavy atom. The highest BCUT2D eigenvalue weighted by Gasteiger charge is 2.28. The number of para-hydroxylation sites is 2. The SMILES string of the molecule is Cc1ccc(-n2cnnc2SCC(=O)Nc2ccccc2OCC(F)(F)F)cc1C. The van der Waals surface area contributed by atoms with Crippen LogP contribution in [0.25, 0.3) is 5.69 Å².